The van der Waals surface area contributed by atoms with E-state index < -0.39 is 0 Å². The Morgan fingerprint density at radius 3 is 1.69 bits per heavy atom. The zero-order chi connectivity index (χ0) is 16.6. The Hall–Kier alpha value is -0.817. The van der Waals surface area contributed by atoms with E-state index in [1.54, 1.807) is 0 Å². The molecule has 0 saturated heterocycles. The number of allylic oxidation sites excluding steroid dienone is 4. The Morgan fingerprint density at radius 1 is 0.692 bits per heavy atom. The smallest absolute Gasteiger partial charge is 1.00 e. The number of hydrogen-bond donors (Lipinski definition) is 0. The van der Waals surface area contributed by atoms with E-state index in [-0.39, 0.29) is 56.4 Å². The van der Waals surface area contributed by atoms with E-state index >= 15 is 0 Å². The van der Waals surface area contributed by atoms with Gasteiger partial charge in [-0.2, -0.15) is 0 Å². The molecule has 2 aromatic carbocycles. The first-order valence-electron chi connectivity index (χ1n) is 8.19. The van der Waals surface area contributed by atoms with Gasteiger partial charge >= 0.3 is 26.2 Å². The molecule has 4 heteroatoms. The van der Waals surface area contributed by atoms with Crippen molar-refractivity contribution < 1.29 is 51.0 Å². The van der Waals surface area contributed by atoms with Crippen molar-refractivity contribution in [2.24, 2.45) is 0 Å². The average Bonchev–Trinajstić information content (AvgIpc) is 2.73. The van der Waals surface area contributed by atoms with Crippen molar-refractivity contribution in [1.82, 2.24) is 0 Å². The summed E-state index contributed by atoms with van der Waals surface area (Å²) in [6.07, 6.45) is 0. The number of benzene rings is 2. The third kappa shape index (κ3) is 4.19. The molecule has 3 rings (SSSR count). The largest absolute Gasteiger partial charge is 3.00 e. The summed E-state index contributed by atoms with van der Waals surface area (Å²) in [4.78, 5) is 0. The van der Waals surface area contributed by atoms with Crippen LogP contribution in [0.2, 0.25) is 0 Å². The second-order valence-corrected chi connectivity index (χ2v) is 6.59. The summed E-state index contributed by atoms with van der Waals surface area (Å²) in [7, 11) is 0. The normalized spacial score (nSPS) is 15.0. The molecule has 0 spiro atoms. The topological polar surface area (TPSA) is 14.1 Å². The zero-order valence-corrected chi connectivity index (χ0v) is 19.9. The van der Waals surface area contributed by atoms with Crippen LogP contribution in [0.25, 0.3) is 5.32 Å². The standard InChI is InChI=1S/C22H24N.2ClH.Zr/c1-15-16(2)18(4)22(5,17(15)3)20-13-9-10-14-21(20)23-19-11-7-6-8-12-19;;;/h6-14H,1-5H3;2*1H;/q-1;;;+3/p-2. The molecule has 1 aliphatic carbocycles. The molecule has 0 bridgehead atoms. The van der Waals surface area contributed by atoms with E-state index in [1.807, 2.05) is 18.2 Å². The van der Waals surface area contributed by atoms with Crippen molar-refractivity contribution in [3.63, 3.8) is 0 Å². The van der Waals surface area contributed by atoms with Crippen LogP contribution >= 0.6 is 0 Å². The Kier molecular flexibility index (Phi) is 9.62. The van der Waals surface area contributed by atoms with Crippen molar-refractivity contribution in [2.75, 3.05) is 0 Å². The van der Waals surface area contributed by atoms with Gasteiger partial charge in [0.15, 0.2) is 0 Å². The van der Waals surface area contributed by atoms with Gasteiger partial charge in [0, 0.05) is 5.41 Å². The molecule has 1 nitrogen and oxygen atoms in total. The monoisotopic (exact) mass is 462 g/mol. The van der Waals surface area contributed by atoms with Crippen LogP contribution in [0.4, 0.5) is 11.4 Å². The molecule has 135 valence electrons. The summed E-state index contributed by atoms with van der Waals surface area (Å²) in [5.41, 5.74) is 8.98. The van der Waals surface area contributed by atoms with Crippen LogP contribution in [0.1, 0.15) is 40.2 Å². The molecule has 0 aliphatic heterocycles. The van der Waals surface area contributed by atoms with E-state index in [2.05, 4.69) is 71.0 Å². The van der Waals surface area contributed by atoms with Gasteiger partial charge in [-0.1, -0.05) is 65.7 Å². The van der Waals surface area contributed by atoms with Crippen LogP contribution < -0.4 is 24.8 Å². The van der Waals surface area contributed by atoms with Gasteiger partial charge in [0.2, 0.25) is 0 Å². The minimum atomic E-state index is -0.0664. The molecule has 0 N–H and O–H groups in total. The molecule has 2 aromatic rings. The third-order valence-electron chi connectivity index (χ3n) is 5.64. The van der Waals surface area contributed by atoms with E-state index in [1.165, 1.54) is 27.9 Å². The molecule has 0 aromatic heterocycles. The fraction of sp³-hybridized carbons (Fsp3) is 0.273. The molecule has 0 amide bonds. The number of halogens is 2. The molecule has 0 heterocycles. The van der Waals surface area contributed by atoms with Gasteiger partial charge in [0.25, 0.3) is 0 Å². The molecule has 0 unspecified atom stereocenters. The molecule has 1 aliphatic rings. The Bertz CT molecular complexity index is 786. The second-order valence-electron chi connectivity index (χ2n) is 6.59. The van der Waals surface area contributed by atoms with E-state index in [4.69, 9.17) is 5.32 Å². The Labute approximate surface area is 189 Å². The number of rotatable bonds is 3. The third-order valence-corrected chi connectivity index (χ3v) is 5.64. The number of para-hydroxylation sites is 2. The summed E-state index contributed by atoms with van der Waals surface area (Å²) in [6, 6.07) is 18.7. The first kappa shape index (κ1) is 25.2. The van der Waals surface area contributed by atoms with Gasteiger partial charge in [-0.15, -0.1) is 11.4 Å². The van der Waals surface area contributed by atoms with Gasteiger partial charge in [-0.25, -0.2) is 0 Å². The molecule has 1 radical (unpaired) electrons. The average molecular weight is 465 g/mol. The van der Waals surface area contributed by atoms with Crippen LogP contribution in [0.3, 0.4) is 0 Å². The van der Waals surface area contributed by atoms with Crippen molar-refractivity contribution in [3.05, 3.63) is 87.8 Å². The van der Waals surface area contributed by atoms with Crippen molar-refractivity contribution >= 4 is 11.4 Å². The minimum absolute atomic E-state index is 0. The van der Waals surface area contributed by atoms with Crippen LogP contribution in [0.15, 0.2) is 76.9 Å². The summed E-state index contributed by atoms with van der Waals surface area (Å²) in [5.74, 6) is 0. The Balaban J connectivity index is 0.00000208. The van der Waals surface area contributed by atoms with E-state index in [0.29, 0.717) is 0 Å². The van der Waals surface area contributed by atoms with Crippen LogP contribution in [0.5, 0.6) is 0 Å². The molecule has 26 heavy (non-hydrogen) atoms. The second kappa shape index (κ2) is 9.93. The molecular weight excluding hydrogens is 440 g/mol. The summed E-state index contributed by atoms with van der Waals surface area (Å²) >= 11 is 0. The number of hydrogen-bond acceptors (Lipinski definition) is 0. The van der Waals surface area contributed by atoms with Gasteiger partial charge in [0.1, 0.15) is 0 Å². The SMILES string of the molecule is CC1=C(C)C(C)(c2ccccc2[N-]c2ccccc2)C(C)=C1C.[Cl-].[Cl-].[Zr+3]. The quantitative estimate of drug-likeness (QED) is 0.643. The maximum atomic E-state index is 4.90. The Morgan fingerprint density at radius 2 is 1.15 bits per heavy atom. The maximum absolute atomic E-state index is 4.90. The van der Waals surface area contributed by atoms with Gasteiger partial charge in [-0.3, -0.25) is 0 Å². The first-order valence-corrected chi connectivity index (χ1v) is 8.19. The van der Waals surface area contributed by atoms with Gasteiger partial charge in [0.05, 0.1) is 0 Å². The summed E-state index contributed by atoms with van der Waals surface area (Å²) in [6.45, 7) is 11.3. The molecular formula is C22H24Cl2NZr. The molecule has 0 atom stereocenters. The number of nitrogens with zero attached hydrogens (tertiary/aromatic N) is 1. The van der Waals surface area contributed by atoms with Crippen LogP contribution in [-0.2, 0) is 31.6 Å². The minimum Gasteiger partial charge on any atom is -1.00 e. The summed E-state index contributed by atoms with van der Waals surface area (Å²) < 4.78 is 0. The molecule has 0 saturated carbocycles. The van der Waals surface area contributed by atoms with Crippen molar-refractivity contribution in [2.45, 2.75) is 40.0 Å². The molecule has 0 fully saturated rings. The maximum Gasteiger partial charge on any atom is 3.00 e. The zero-order valence-electron chi connectivity index (χ0n) is 15.9. The summed E-state index contributed by atoms with van der Waals surface area (Å²) in [5, 5.41) is 4.90. The van der Waals surface area contributed by atoms with Crippen LogP contribution in [-0.4, -0.2) is 0 Å². The van der Waals surface area contributed by atoms with Gasteiger partial charge < -0.3 is 30.1 Å². The first-order chi connectivity index (χ1) is 11.0. The van der Waals surface area contributed by atoms with Crippen LogP contribution in [0, 0.1) is 0 Å². The fourth-order valence-electron chi connectivity index (χ4n) is 3.63. The fourth-order valence-corrected chi connectivity index (χ4v) is 3.63. The van der Waals surface area contributed by atoms with E-state index in [0.717, 1.165) is 11.4 Å². The van der Waals surface area contributed by atoms with Crippen molar-refractivity contribution in [3.8, 4) is 0 Å². The predicted octanol–water partition coefficient (Wildman–Crippen LogP) is 0.973. The van der Waals surface area contributed by atoms with Crippen molar-refractivity contribution in [1.29, 1.82) is 0 Å². The van der Waals surface area contributed by atoms with E-state index in [9.17, 15) is 0 Å². The predicted molar refractivity (Wildman–Crippen MR) is 99.7 cm³/mol. The van der Waals surface area contributed by atoms with Gasteiger partial charge in [-0.05, 0) is 51.3 Å².